The highest BCUT2D eigenvalue weighted by atomic mass is 79.9. The van der Waals surface area contributed by atoms with Gasteiger partial charge in [0.1, 0.15) is 11.4 Å². The lowest BCUT2D eigenvalue weighted by Crippen LogP contribution is -2.23. The maximum Gasteiger partial charge on any atom is 0.134 e. The zero-order valence-corrected chi connectivity index (χ0v) is 10.2. The van der Waals surface area contributed by atoms with Crippen LogP contribution in [0.4, 0.5) is 0 Å². The summed E-state index contributed by atoms with van der Waals surface area (Å²) in [5.41, 5.74) is -0.184. The third-order valence-corrected chi connectivity index (χ3v) is 2.16. The van der Waals surface area contributed by atoms with Crippen LogP contribution in [-0.4, -0.2) is 5.60 Å². The van der Waals surface area contributed by atoms with Crippen molar-refractivity contribution < 1.29 is 4.74 Å². The Labute approximate surface area is 92.2 Å². The Hall–Kier alpha value is -0.210. The Morgan fingerprint density at radius 3 is 2.38 bits per heavy atom. The molecule has 1 nitrogen and oxygen atoms in total. The first-order valence-electron chi connectivity index (χ1n) is 4.02. The molecular formula is C10H12BrClO. The van der Waals surface area contributed by atoms with E-state index in [9.17, 15) is 0 Å². The molecule has 0 saturated carbocycles. The van der Waals surface area contributed by atoms with Gasteiger partial charge in [0.2, 0.25) is 0 Å². The van der Waals surface area contributed by atoms with Crippen LogP contribution in [0.25, 0.3) is 0 Å². The van der Waals surface area contributed by atoms with Crippen LogP contribution >= 0.6 is 27.5 Å². The van der Waals surface area contributed by atoms with E-state index >= 15 is 0 Å². The van der Waals surface area contributed by atoms with Crippen LogP contribution in [0.2, 0.25) is 5.02 Å². The van der Waals surface area contributed by atoms with Crippen LogP contribution in [0, 0.1) is 0 Å². The van der Waals surface area contributed by atoms with Crippen molar-refractivity contribution in [2.75, 3.05) is 0 Å². The second-order valence-electron chi connectivity index (χ2n) is 3.79. The Kier molecular flexibility index (Phi) is 3.25. The van der Waals surface area contributed by atoms with Crippen LogP contribution in [0.1, 0.15) is 20.8 Å². The molecule has 1 aromatic rings. The fourth-order valence-corrected chi connectivity index (χ4v) is 1.65. The molecule has 0 aliphatic carbocycles. The zero-order valence-electron chi connectivity index (χ0n) is 7.90. The van der Waals surface area contributed by atoms with E-state index in [1.165, 1.54) is 0 Å². The lowest BCUT2D eigenvalue weighted by atomic mass is 10.2. The van der Waals surface area contributed by atoms with Gasteiger partial charge in [0.25, 0.3) is 0 Å². The number of ether oxygens (including phenoxy) is 1. The van der Waals surface area contributed by atoms with Crippen molar-refractivity contribution in [1.82, 2.24) is 0 Å². The lowest BCUT2D eigenvalue weighted by Gasteiger charge is -2.22. The first-order chi connectivity index (χ1) is 5.88. The van der Waals surface area contributed by atoms with Crippen molar-refractivity contribution in [1.29, 1.82) is 0 Å². The summed E-state index contributed by atoms with van der Waals surface area (Å²) in [6.45, 7) is 6.02. The van der Waals surface area contributed by atoms with Gasteiger partial charge in [0, 0.05) is 5.02 Å². The molecule has 0 unspecified atom stereocenters. The predicted molar refractivity (Wildman–Crippen MR) is 59.5 cm³/mol. The number of halogens is 2. The van der Waals surface area contributed by atoms with Crippen LogP contribution < -0.4 is 4.74 Å². The summed E-state index contributed by atoms with van der Waals surface area (Å²) in [6.07, 6.45) is 0. The van der Waals surface area contributed by atoms with E-state index in [1.54, 1.807) is 0 Å². The minimum Gasteiger partial charge on any atom is -0.487 e. The first-order valence-corrected chi connectivity index (χ1v) is 5.20. The standard InChI is InChI=1S/C10H12BrClO/c1-10(2,3)13-9-5-4-7(12)6-8(9)11/h4-6H,1-3H3. The quantitative estimate of drug-likeness (QED) is 0.735. The van der Waals surface area contributed by atoms with Gasteiger partial charge in [-0.25, -0.2) is 0 Å². The minimum absolute atomic E-state index is 0.184. The molecule has 3 heteroatoms. The number of rotatable bonds is 1. The van der Waals surface area contributed by atoms with Crippen LogP contribution in [0.5, 0.6) is 5.75 Å². The van der Waals surface area contributed by atoms with Gasteiger partial charge in [-0.2, -0.15) is 0 Å². The molecule has 0 atom stereocenters. The second-order valence-corrected chi connectivity index (χ2v) is 5.08. The van der Waals surface area contributed by atoms with Gasteiger partial charge in [-0.1, -0.05) is 11.6 Å². The average molecular weight is 264 g/mol. The first kappa shape index (κ1) is 10.9. The third-order valence-electron chi connectivity index (χ3n) is 1.31. The number of hydrogen-bond donors (Lipinski definition) is 0. The van der Waals surface area contributed by atoms with Gasteiger partial charge in [-0.05, 0) is 54.9 Å². The molecule has 0 aromatic heterocycles. The lowest BCUT2D eigenvalue weighted by molar-refractivity contribution is 0.130. The molecule has 0 radical (unpaired) electrons. The van der Waals surface area contributed by atoms with Crippen molar-refractivity contribution in [3.63, 3.8) is 0 Å². The van der Waals surface area contributed by atoms with Crippen molar-refractivity contribution in [3.05, 3.63) is 27.7 Å². The molecule has 0 heterocycles. The molecule has 1 rings (SSSR count). The smallest absolute Gasteiger partial charge is 0.134 e. The molecule has 0 aliphatic rings. The van der Waals surface area contributed by atoms with Crippen molar-refractivity contribution >= 4 is 27.5 Å². The largest absolute Gasteiger partial charge is 0.487 e. The molecule has 0 fully saturated rings. The van der Waals surface area contributed by atoms with E-state index in [0.29, 0.717) is 5.02 Å². The Morgan fingerprint density at radius 1 is 1.31 bits per heavy atom. The summed E-state index contributed by atoms with van der Waals surface area (Å²) >= 11 is 9.19. The monoisotopic (exact) mass is 262 g/mol. The molecule has 0 saturated heterocycles. The maximum absolute atomic E-state index is 5.80. The normalized spacial score (nSPS) is 11.5. The summed E-state index contributed by atoms with van der Waals surface area (Å²) < 4.78 is 6.57. The summed E-state index contributed by atoms with van der Waals surface area (Å²) in [5, 5.41) is 0.702. The molecule has 72 valence electrons. The van der Waals surface area contributed by atoms with E-state index < -0.39 is 0 Å². The predicted octanol–water partition coefficient (Wildman–Crippen LogP) is 4.28. The molecule has 0 spiro atoms. The third kappa shape index (κ3) is 3.57. The Bertz CT molecular complexity index is 304. The summed E-state index contributed by atoms with van der Waals surface area (Å²) in [7, 11) is 0. The Morgan fingerprint density at radius 2 is 1.92 bits per heavy atom. The van der Waals surface area contributed by atoms with E-state index in [-0.39, 0.29) is 5.60 Å². The van der Waals surface area contributed by atoms with E-state index in [4.69, 9.17) is 16.3 Å². The fourth-order valence-electron chi connectivity index (χ4n) is 0.888. The fraction of sp³-hybridized carbons (Fsp3) is 0.400. The van der Waals surface area contributed by atoms with Gasteiger partial charge in [0.05, 0.1) is 4.47 Å². The molecule has 13 heavy (non-hydrogen) atoms. The topological polar surface area (TPSA) is 9.23 Å². The van der Waals surface area contributed by atoms with Crippen molar-refractivity contribution in [2.24, 2.45) is 0 Å². The van der Waals surface area contributed by atoms with E-state index in [2.05, 4.69) is 15.9 Å². The average Bonchev–Trinajstić information content (AvgIpc) is 1.93. The number of benzene rings is 1. The molecule has 0 bridgehead atoms. The van der Waals surface area contributed by atoms with Crippen molar-refractivity contribution in [3.8, 4) is 5.75 Å². The zero-order chi connectivity index (χ0) is 10.1. The molecule has 0 amide bonds. The van der Waals surface area contributed by atoms with Crippen LogP contribution in [0.3, 0.4) is 0 Å². The summed E-state index contributed by atoms with van der Waals surface area (Å²) in [5.74, 6) is 0.817. The van der Waals surface area contributed by atoms with Gasteiger partial charge in [0.15, 0.2) is 0 Å². The van der Waals surface area contributed by atoms with Gasteiger partial charge >= 0.3 is 0 Å². The molecule has 0 N–H and O–H groups in total. The van der Waals surface area contributed by atoms with Crippen LogP contribution in [0.15, 0.2) is 22.7 Å². The molecule has 1 aromatic carbocycles. The highest BCUT2D eigenvalue weighted by molar-refractivity contribution is 9.10. The highest BCUT2D eigenvalue weighted by Gasteiger charge is 2.13. The molecule has 0 aliphatic heterocycles. The van der Waals surface area contributed by atoms with E-state index in [0.717, 1.165) is 10.2 Å². The minimum atomic E-state index is -0.184. The number of hydrogen-bond acceptors (Lipinski definition) is 1. The second kappa shape index (κ2) is 3.89. The summed E-state index contributed by atoms with van der Waals surface area (Å²) in [6, 6.07) is 5.49. The Balaban J connectivity index is 2.90. The SMILES string of the molecule is CC(C)(C)Oc1ccc(Cl)cc1Br. The van der Waals surface area contributed by atoms with Crippen LogP contribution in [-0.2, 0) is 0 Å². The summed E-state index contributed by atoms with van der Waals surface area (Å²) in [4.78, 5) is 0. The van der Waals surface area contributed by atoms with Gasteiger partial charge in [-0.15, -0.1) is 0 Å². The molecular weight excluding hydrogens is 251 g/mol. The van der Waals surface area contributed by atoms with Gasteiger partial charge < -0.3 is 4.74 Å². The maximum atomic E-state index is 5.80. The van der Waals surface area contributed by atoms with Gasteiger partial charge in [-0.3, -0.25) is 0 Å². The van der Waals surface area contributed by atoms with Crippen molar-refractivity contribution in [2.45, 2.75) is 26.4 Å². The highest BCUT2D eigenvalue weighted by Crippen LogP contribution is 2.30. The van der Waals surface area contributed by atoms with E-state index in [1.807, 2.05) is 39.0 Å².